The summed E-state index contributed by atoms with van der Waals surface area (Å²) in [6.45, 7) is 0. The van der Waals surface area contributed by atoms with Crippen LogP contribution in [-0.4, -0.2) is 26.8 Å². The molecule has 0 unspecified atom stereocenters. The maximum absolute atomic E-state index is 11.0. The van der Waals surface area contributed by atoms with Crippen LogP contribution >= 0.6 is 12.2 Å². The van der Waals surface area contributed by atoms with Crippen LogP contribution < -0.4 is 11.2 Å². The number of nitro groups is 1. The van der Waals surface area contributed by atoms with E-state index in [-0.39, 0.29) is 28.5 Å². The summed E-state index contributed by atoms with van der Waals surface area (Å²) in [6, 6.07) is 5.81. The number of para-hydroxylation sites is 1. The molecule has 0 bridgehead atoms. The lowest BCUT2D eigenvalue weighted by molar-refractivity contribution is -0.385. The van der Waals surface area contributed by atoms with Crippen LogP contribution in [0.3, 0.4) is 0 Å². The molecule has 1 rings (SSSR count). The smallest absolute Gasteiger partial charge is 0.352 e. The maximum atomic E-state index is 11.0. The van der Waals surface area contributed by atoms with Crippen molar-refractivity contribution in [1.82, 2.24) is 5.43 Å². The molecule has 9 heteroatoms. The second-order valence-corrected chi connectivity index (χ2v) is 3.84. The van der Waals surface area contributed by atoms with Crippen molar-refractivity contribution in [2.24, 2.45) is 10.8 Å². The number of carbonyl (C=O) groups is 1. The standard InChI is InChI=1S/C10H10N4O4S/c11-10(19)13-12-7(9(15)16)5-6-3-1-2-4-8(6)14(17)18/h1-4H,5H2,(H,15,16)(H3,11,13,19)/b12-7+. The zero-order valence-corrected chi connectivity index (χ0v) is 10.4. The van der Waals surface area contributed by atoms with E-state index < -0.39 is 10.9 Å². The third-order valence-electron chi connectivity index (χ3n) is 2.09. The van der Waals surface area contributed by atoms with Crippen LogP contribution in [0.25, 0.3) is 0 Å². The summed E-state index contributed by atoms with van der Waals surface area (Å²) in [4.78, 5) is 21.2. The van der Waals surface area contributed by atoms with Gasteiger partial charge in [0.2, 0.25) is 0 Å². The highest BCUT2D eigenvalue weighted by molar-refractivity contribution is 7.80. The monoisotopic (exact) mass is 282 g/mol. The highest BCUT2D eigenvalue weighted by Crippen LogP contribution is 2.18. The molecule has 0 aliphatic rings. The number of nitro benzene ring substituents is 1. The number of hydrogen-bond acceptors (Lipinski definition) is 5. The van der Waals surface area contributed by atoms with Crippen molar-refractivity contribution in [3.63, 3.8) is 0 Å². The van der Waals surface area contributed by atoms with E-state index in [9.17, 15) is 14.9 Å². The van der Waals surface area contributed by atoms with Gasteiger partial charge in [-0.15, -0.1) is 0 Å². The van der Waals surface area contributed by atoms with Crippen molar-refractivity contribution in [3.05, 3.63) is 39.9 Å². The summed E-state index contributed by atoms with van der Waals surface area (Å²) in [7, 11) is 0. The van der Waals surface area contributed by atoms with Crippen molar-refractivity contribution < 1.29 is 14.8 Å². The number of aliphatic carboxylic acids is 1. The van der Waals surface area contributed by atoms with Gasteiger partial charge >= 0.3 is 5.97 Å². The minimum atomic E-state index is -1.32. The Hall–Kier alpha value is -2.55. The molecule has 1 aromatic rings. The zero-order chi connectivity index (χ0) is 14.4. The first-order valence-corrected chi connectivity index (χ1v) is 5.40. The molecule has 0 saturated carbocycles. The normalized spacial score (nSPS) is 10.8. The summed E-state index contributed by atoms with van der Waals surface area (Å²) >= 11 is 4.49. The number of thiocarbonyl (C=S) groups is 1. The highest BCUT2D eigenvalue weighted by atomic mass is 32.1. The van der Waals surface area contributed by atoms with Crippen molar-refractivity contribution in [1.29, 1.82) is 0 Å². The van der Waals surface area contributed by atoms with E-state index in [4.69, 9.17) is 10.8 Å². The van der Waals surface area contributed by atoms with E-state index in [1.807, 2.05) is 0 Å². The van der Waals surface area contributed by atoms with Crippen LogP contribution in [0.2, 0.25) is 0 Å². The van der Waals surface area contributed by atoms with Crippen LogP contribution in [0.5, 0.6) is 0 Å². The van der Waals surface area contributed by atoms with E-state index in [1.54, 1.807) is 6.07 Å². The van der Waals surface area contributed by atoms with Crippen LogP contribution in [0.4, 0.5) is 5.69 Å². The Bertz CT molecular complexity index is 558. The van der Waals surface area contributed by atoms with E-state index >= 15 is 0 Å². The molecule has 4 N–H and O–H groups in total. The molecule has 0 aliphatic heterocycles. The molecule has 0 atom stereocenters. The van der Waals surface area contributed by atoms with Gasteiger partial charge in [0.15, 0.2) is 5.11 Å². The quantitative estimate of drug-likeness (QED) is 0.308. The average molecular weight is 282 g/mol. The van der Waals surface area contributed by atoms with Crippen molar-refractivity contribution in [2.75, 3.05) is 0 Å². The lowest BCUT2D eigenvalue weighted by Gasteiger charge is -2.04. The van der Waals surface area contributed by atoms with Crippen molar-refractivity contribution in [2.45, 2.75) is 6.42 Å². The van der Waals surface area contributed by atoms with Gasteiger partial charge in [-0.1, -0.05) is 18.2 Å². The molecule has 0 fully saturated rings. The molecule has 0 spiro atoms. The molecule has 0 saturated heterocycles. The van der Waals surface area contributed by atoms with Crippen LogP contribution in [0.1, 0.15) is 5.56 Å². The maximum Gasteiger partial charge on any atom is 0.352 e. The fourth-order valence-electron chi connectivity index (χ4n) is 1.30. The molecular formula is C10H10N4O4S. The van der Waals surface area contributed by atoms with Gasteiger partial charge in [0.25, 0.3) is 5.69 Å². The molecular weight excluding hydrogens is 272 g/mol. The van der Waals surface area contributed by atoms with E-state index in [0.29, 0.717) is 0 Å². The molecule has 1 aromatic carbocycles. The second kappa shape index (κ2) is 6.40. The van der Waals surface area contributed by atoms with Gasteiger partial charge in [0, 0.05) is 18.1 Å². The van der Waals surface area contributed by atoms with Crippen LogP contribution in [0, 0.1) is 10.1 Å². The predicted octanol–water partition coefficient (Wildman–Crippen LogP) is 0.411. The largest absolute Gasteiger partial charge is 0.477 e. The molecule has 0 heterocycles. The van der Waals surface area contributed by atoms with Gasteiger partial charge in [-0.3, -0.25) is 15.5 Å². The number of hydrazone groups is 1. The number of hydrogen-bond donors (Lipinski definition) is 3. The topological polar surface area (TPSA) is 131 Å². The predicted molar refractivity (Wildman–Crippen MR) is 71.8 cm³/mol. The van der Waals surface area contributed by atoms with E-state index in [1.165, 1.54) is 18.2 Å². The van der Waals surface area contributed by atoms with Gasteiger partial charge < -0.3 is 10.8 Å². The summed E-state index contributed by atoms with van der Waals surface area (Å²) in [5.41, 5.74) is 7.00. The lowest BCUT2D eigenvalue weighted by Crippen LogP contribution is -2.28. The Morgan fingerprint density at radius 2 is 2.16 bits per heavy atom. The van der Waals surface area contributed by atoms with Gasteiger partial charge in [0.1, 0.15) is 5.71 Å². The zero-order valence-electron chi connectivity index (χ0n) is 9.57. The molecule has 8 nitrogen and oxygen atoms in total. The average Bonchev–Trinajstić information content (AvgIpc) is 2.34. The lowest BCUT2D eigenvalue weighted by atomic mass is 10.1. The second-order valence-electron chi connectivity index (χ2n) is 3.40. The number of benzene rings is 1. The molecule has 0 aliphatic carbocycles. The molecule has 0 aromatic heterocycles. The molecule has 100 valence electrons. The highest BCUT2D eigenvalue weighted by Gasteiger charge is 2.18. The van der Waals surface area contributed by atoms with Crippen molar-refractivity contribution in [3.8, 4) is 0 Å². The number of nitrogens with zero attached hydrogens (tertiary/aromatic N) is 2. The molecule has 0 radical (unpaired) electrons. The summed E-state index contributed by atoms with van der Waals surface area (Å²) < 4.78 is 0. The number of carboxylic acids is 1. The Kier molecular flexibility index (Phi) is 4.89. The molecule has 19 heavy (non-hydrogen) atoms. The Balaban J connectivity index is 3.04. The Morgan fingerprint density at radius 1 is 1.53 bits per heavy atom. The first-order valence-electron chi connectivity index (χ1n) is 4.99. The first-order chi connectivity index (χ1) is 8.91. The van der Waals surface area contributed by atoms with Crippen LogP contribution in [-0.2, 0) is 11.2 Å². The fourth-order valence-corrected chi connectivity index (χ4v) is 1.35. The SMILES string of the molecule is NC(=S)N/N=C(\Cc1ccccc1[N+](=O)[O-])C(=O)O. The van der Waals surface area contributed by atoms with Crippen molar-refractivity contribution >= 4 is 34.7 Å². The van der Waals surface area contributed by atoms with Gasteiger partial charge in [-0.05, 0) is 12.2 Å². The number of carboxylic acid groups (broad SMARTS) is 1. The van der Waals surface area contributed by atoms with Gasteiger partial charge in [0.05, 0.1) is 4.92 Å². The summed E-state index contributed by atoms with van der Waals surface area (Å²) in [5.74, 6) is -1.32. The minimum absolute atomic E-state index is 0.174. The number of nitrogens with one attached hydrogen (secondary N) is 1. The Labute approximate surface area is 113 Å². The third kappa shape index (κ3) is 4.32. The third-order valence-corrected chi connectivity index (χ3v) is 2.19. The van der Waals surface area contributed by atoms with E-state index in [2.05, 4.69) is 22.7 Å². The number of nitrogens with two attached hydrogens (primary N) is 1. The van der Waals surface area contributed by atoms with Gasteiger partial charge in [-0.2, -0.15) is 5.10 Å². The van der Waals surface area contributed by atoms with Crippen LogP contribution in [0.15, 0.2) is 29.4 Å². The Morgan fingerprint density at radius 3 is 2.68 bits per heavy atom. The first kappa shape index (κ1) is 14.5. The summed E-state index contributed by atoms with van der Waals surface area (Å²) in [5, 5.41) is 23.1. The fraction of sp³-hybridized carbons (Fsp3) is 0.100. The van der Waals surface area contributed by atoms with E-state index in [0.717, 1.165) is 0 Å². The minimum Gasteiger partial charge on any atom is -0.477 e. The number of rotatable bonds is 5. The molecule has 0 amide bonds. The summed E-state index contributed by atoms with van der Waals surface area (Å²) in [6.07, 6.45) is -0.220. The van der Waals surface area contributed by atoms with Gasteiger partial charge in [-0.25, -0.2) is 4.79 Å².